The summed E-state index contributed by atoms with van der Waals surface area (Å²) in [4.78, 5) is 4.28. The van der Waals surface area contributed by atoms with E-state index in [1.165, 1.54) is 0 Å². The topological polar surface area (TPSA) is 79.9 Å². The van der Waals surface area contributed by atoms with Gasteiger partial charge in [0.05, 0.1) is 24.8 Å². The normalized spacial score (nSPS) is 24.2. The molecule has 0 radical (unpaired) electrons. The first-order valence-electron chi connectivity index (χ1n) is 7.17. The van der Waals surface area contributed by atoms with E-state index in [2.05, 4.69) is 10.3 Å². The highest BCUT2D eigenvalue weighted by Crippen LogP contribution is 2.32. The lowest BCUT2D eigenvalue weighted by Crippen LogP contribution is -2.42. The van der Waals surface area contributed by atoms with Gasteiger partial charge >= 0.3 is 0 Å². The van der Waals surface area contributed by atoms with Crippen LogP contribution < -0.4 is 15.8 Å². The van der Waals surface area contributed by atoms with Gasteiger partial charge in [0.2, 0.25) is 0 Å². The van der Waals surface area contributed by atoms with E-state index < -0.39 is 5.60 Å². The molecule has 1 aromatic carbocycles. The molecule has 108 valence electrons. The number of hydrogen-bond acceptors (Lipinski definition) is 3. The van der Waals surface area contributed by atoms with Crippen molar-refractivity contribution in [3.05, 3.63) is 29.8 Å². The first kappa shape index (κ1) is 13.2. The highest BCUT2D eigenvalue weighted by molar-refractivity contribution is 5.78. The van der Waals surface area contributed by atoms with Crippen LogP contribution in [0.2, 0.25) is 0 Å². The Morgan fingerprint density at radius 2 is 2.25 bits per heavy atom. The summed E-state index contributed by atoms with van der Waals surface area (Å²) in [5, 5.41) is 13.2. The van der Waals surface area contributed by atoms with Crippen LogP contribution in [-0.2, 0) is 0 Å². The number of fused-ring (bicyclic) bond motifs is 1. The van der Waals surface area contributed by atoms with Gasteiger partial charge in [-0.05, 0) is 25.3 Å². The fourth-order valence-corrected chi connectivity index (χ4v) is 2.69. The van der Waals surface area contributed by atoms with Crippen LogP contribution in [0.1, 0.15) is 37.3 Å². The Morgan fingerprint density at radius 3 is 3.00 bits per heavy atom. The van der Waals surface area contributed by atoms with Gasteiger partial charge < -0.3 is 20.9 Å². The molecule has 0 amide bonds. The van der Waals surface area contributed by atoms with Crippen LogP contribution >= 0.6 is 0 Å². The summed E-state index contributed by atoms with van der Waals surface area (Å²) < 4.78 is 5.62. The minimum Gasteiger partial charge on any atom is -0.493 e. The molecule has 5 nitrogen and oxygen atoms in total. The van der Waals surface area contributed by atoms with Crippen molar-refractivity contribution in [2.75, 3.05) is 13.2 Å². The number of nitrogens with one attached hydrogen (secondary N) is 1. The van der Waals surface area contributed by atoms with Crippen molar-refractivity contribution in [3.8, 4) is 5.75 Å². The third-order valence-electron chi connectivity index (χ3n) is 4.11. The summed E-state index contributed by atoms with van der Waals surface area (Å²) in [6.07, 6.45) is 3.58. The summed E-state index contributed by atoms with van der Waals surface area (Å²) in [5.74, 6) is 1.30. The summed E-state index contributed by atoms with van der Waals surface area (Å²) in [7, 11) is 0. The number of nitrogens with two attached hydrogens (primary N) is 1. The zero-order valence-electron chi connectivity index (χ0n) is 11.5. The van der Waals surface area contributed by atoms with Crippen LogP contribution in [0, 0.1) is 0 Å². The molecule has 20 heavy (non-hydrogen) atoms. The van der Waals surface area contributed by atoms with Gasteiger partial charge in [-0.15, -0.1) is 0 Å². The molecule has 4 N–H and O–H groups in total. The van der Waals surface area contributed by atoms with Crippen LogP contribution in [0.4, 0.5) is 0 Å². The van der Waals surface area contributed by atoms with Crippen molar-refractivity contribution in [2.24, 2.45) is 10.7 Å². The molecule has 1 atom stereocenters. The highest BCUT2D eigenvalue weighted by atomic mass is 16.5. The van der Waals surface area contributed by atoms with Gasteiger partial charge in [0.25, 0.3) is 0 Å². The number of aliphatic imine (C=N–C) groups is 1. The van der Waals surface area contributed by atoms with E-state index in [0.29, 0.717) is 19.1 Å². The molecule has 2 aliphatic rings. The van der Waals surface area contributed by atoms with Gasteiger partial charge in [0, 0.05) is 12.0 Å². The lowest BCUT2D eigenvalue weighted by atomic mass is 9.80. The summed E-state index contributed by atoms with van der Waals surface area (Å²) >= 11 is 0. The van der Waals surface area contributed by atoms with Crippen LogP contribution in [0.3, 0.4) is 0 Å². The van der Waals surface area contributed by atoms with Gasteiger partial charge in [-0.1, -0.05) is 18.2 Å². The number of hydrogen-bond donors (Lipinski definition) is 3. The van der Waals surface area contributed by atoms with Crippen molar-refractivity contribution in [2.45, 2.75) is 37.3 Å². The largest absolute Gasteiger partial charge is 0.493 e. The molecule has 0 saturated heterocycles. The first-order chi connectivity index (χ1) is 9.66. The SMILES string of the molecule is NC(=NCC1(O)CCC1)NC1CCOc2ccccc21. The standard InChI is InChI=1S/C15H21N3O2/c16-14(17-10-15(19)7-3-8-15)18-12-6-9-20-13-5-2-1-4-11(12)13/h1-2,4-5,12,19H,3,6-10H2,(H3,16,17,18). The lowest BCUT2D eigenvalue weighted by molar-refractivity contribution is -0.0236. The van der Waals surface area contributed by atoms with E-state index in [9.17, 15) is 5.11 Å². The Hall–Kier alpha value is -1.75. The number of benzene rings is 1. The second-order valence-corrected chi connectivity index (χ2v) is 5.65. The van der Waals surface area contributed by atoms with E-state index in [1.54, 1.807) is 0 Å². The molecule has 1 unspecified atom stereocenters. The van der Waals surface area contributed by atoms with Crippen LogP contribution in [0.15, 0.2) is 29.3 Å². The highest BCUT2D eigenvalue weighted by Gasteiger charge is 2.34. The second kappa shape index (κ2) is 5.32. The summed E-state index contributed by atoms with van der Waals surface area (Å²) in [5.41, 5.74) is 6.42. The van der Waals surface area contributed by atoms with Crippen molar-refractivity contribution in [1.82, 2.24) is 5.32 Å². The van der Waals surface area contributed by atoms with Crippen LogP contribution in [0.5, 0.6) is 5.75 Å². The number of nitrogens with zero attached hydrogens (tertiary/aromatic N) is 1. The maximum absolute atomic E-state index is 10.0. The molecule has 1 fully saturated rings. The number of aliphatic hydroxyl groups is 1. The quantitative estimate of drug-likeness (QED) is 0.574. The zero-order valence-corrected chi connectivity index (χ0v) is 11.5. The molecule has 0 spiro atoms. The maximum Gasteiger partial charge on any atom is 0.189 e. The Bertz CT molecular complexity index is 512. The van der Waals surface area contributed by atoms with E-state index in [1.807, 2.05) is 24.3 Å². The molecule has 1 aliphatic heterocycles. The van der Waals surface area contributed by atoms with Crippen molar-refractivity contribution < 1.29 is 9.84 Å². The van der Waals surface area contributed by atoms with Gasteiger partial charge in [-0.3, -0.25) is 4.99 Å². The van der Waals surface area contributed by atoms with Gasteiger partial charge in [0.1, 0.15) is 5.75 Å². The minimum atomic E-state index is -0.625. The maximum atomic E-state index is 10.0. The fraction of sp³-hybridized carbons (Fsp3) is 0.533. The molecular weight excluding hydrogens is 254 g/mol. The molecule has 0 bridgehead atoms. The average molecular weight is 275 g/mol. The second-order valence-electron chi connectivity index (χ2n) is 5.65. The number of guanidine groups is 1. The monoisotopic (exact) mass is 275 g/mol. The molecule has 5 heteroatoms. The van der Waals surface area contributed by atoms with Crippen LogP contribution in [0.25, 0.3) is 0 Å². The predicted octanol–water partition coefficient (Wildman–Crippen LogP) is 1.33. The zero-order chi connectivity index (χ0) is 14.0. The van der Waals surface area contributed by atoms with Crippen molar-refractivity contribution >= 4 is 5.96 Å². The number of para-hydroxylation sites is 1. The molecule has 1 aromatic rings. The van der Waals surface area contributed by atoms with Gasteiger partial charge in [-0.25, -0.2) is 0 Å². The summed E-state index contributed by atoms with van der Waals surface area (Å²) in [6.45, 7) is 1.06. The average Bonchev–Trinajstić information content (AvgIpc) is 2.43. The molecule has 3 rings (SSSR count). The van der Waals surface area contributed by atoms with Crippen molar-refractivity contribution in [1.29, 1.82) is 0 Å². The molecule has 1 saturated carbocycles. The Kier molecular flexibility index (Phi) is 3.53. The third kappa shape index (κ3) is 2.72. The van der Waals surface area contributed by atoms with Crippen LogP contribution in [-0.4, -0.2) is 29.8 Å². The van der Waals surface area contributed by atoms with Crippen molar-refractivity contribution in [3.63, 3.8) is 0 Å². The number of rotatable bonds is 3. The Balaban J connectivity index is 1.64. The molecule has 0 aromatic heterocycles. The lowest BCUT2D eigenvalue weighted by Gasteiger charge is -2.35. The smallest absolute Gasteiger partial charge is 0.189 e. The summed E-state index contributed by atoms with van der Waals surface area (Å²) in [6, 6.07) is 8.09. The van der Waals surface area contributed by atoms with E-state index in [-0.39, 0.29) is 6.04 Å². The minimum absolute atomic E-state index is 0.125. The molecule has 1 aliphatic carbocycles. The Morgan fingerprint density at radius 1 is 1.45 bits per heavy atom. The van der Waals surface area contributed by atoms with E-state index >= 15 is 0 Å². The third-order valence-corrected chi connectivity index (χ3v) is 4.11. The van der Waals surface area contributed by atoms with E-state index in [0.717, 1.165) is 37.0 Å². The number of ether oxygens (including phenoxy) is 1. The predicted molar refractivity (Wildman–Crippen MR) is 77.7 cm³/mol. The Labute approximate surface area is 118 Å². The molecular formula is C15H21N3O2. The first-order valence-corrected chi connectivity index (χ1v) is 7.17. The van der Waals surface area contributed by atoms with E-state index in [4.69, 9.17) is 10.5 Å². The molecule has 1 heterocycles. The van der Waals surface area contributed by atoms with Gasteiger partial charge in [0.15, 0.2) is 5.96 Å². The van der Waals surface area contributed by atoms with Gasteiger partial charge in [-0.2, -0.15) is 0 Å². The fourth-order valence-electron chi connectivity index (χ4n) is 2.69.